The summed E-state index contributed by atoms with van der Waals surface area (Å²) in [6, 6.07) is 2.41. The van der Waals surface area contributed by atoms with Crippen LogP contribution in [0.25, 0.3) is 0 Å². The molecule has 0 heterocycles. The van der Waals surface area contributed by atoms with E-state index in [0.29, 0.717) is 6.07 Å². The summed E-state index contributed by atoms with van der Waals surface area (Å²) in [5.74, 6) is -1.60. The lowest BCUT2D eigenvalue weighted by molar-refractivity contribution is -0.193. The molecule has 0 radical (unpaired) electrons. The zero-order valence-electron chi connectivity index (χ0n) is 7.64. The average Bonchev–Trinajstić information content (AvgIpc) is 2.23. The van der Waals surface area contributed by atoms with Crippen LogP contribution in [0.2, 0.25) is 0 Å². The number of halogens is 4. The quantitative estimate of drug-likeness (QED) is 0.356. The van der Waals surface area contributed by atoms with Crippen LogP contribution in [0, 0.1) is 11.6 Å². The van der Waals surface area contributed by atoms with Crippen molar-refractivity contribution in [2.24, 2.45) is 5.84 Å². The van der Waals surface area contributed by atoms with Crippen LogP contribution in [0.4, 0.5) is 17.6 Å². The molecule has 0 spiro atoms. The summed E-state index contributed by atoms with van der Waals surface area (Å²) in [4.78, 5) is 10.5. The number of hydrogen-bond acceptors (Lipinski definition) is 3. The lowest BCUT2D eigenvalue weighted by Crippen LogP contribution is -2.47. The summed E-state index contributed by atoms with van der Waals surface area (Å²) in [7, 11) is 0. The van der Waals surface area contributed by atoms with Gasteiger partial charge in [0, 0.05) is 0 Å². The molecular formula is C8H6F4N2O2. The van der Waals surface area contributed by atoms with Crippen LogP contribution in [-0.4, -0.2) is 12.0 Å². The van der Waals surface area contributed by atoms with Crippen molar-refractivity contribution >= 4 is 5.91 Å². The molecule has 1 aromatic carbocycles. The Labute approximate surface area is 87.0 Å². The van der Waals surface area contributed by atoms with Gasteiger partial charge in [-0.2, -0.15) is 13.2 Å². The molecule has 88 valence electrons. The molecule has 1 amide bonds. The largest absolute Gasteiger partial charge is 0.483 e. The molecule has 0 aromatic heterocycles. The predicted molar refractivity (Wildman–Crippen MR) is 44.3 cm³/mol. The second-order valence-corrected chi connectivity index (χ2v) is 2.64. The maximum atomic E-state index is 12.9. The van der Waals surface area contributed by atoms with Gasteiger partial charge in [0.05, 0.1) is 0 Å². The summed E-state index contributed by atoms with van der Waals surface area (Å²) in [5.41, 5.74) is 1.13. The Hall–Kier alpha value is -1.83. The first kappa shape index (κ1) is 12.2. The third-order valence-corrected chi connectivity index (χ3v) is 1.55. The van der Waals surface area contributed by atoms with Gasteiger partial charge in [-0.3, -0.25) is 10.2 Å². The van der Waals surface area contributed by atoms with Gasteiger partial charge < -0.3 is 4.74 Å². The monoisotopic (exact) mass is 238 g/mol. The summed E-state index contributed by atoms with van der Waals surface area (Å²) in [6.07, 6.45) is -4.39. The molecule has 0 saturated carbocycles. The summed E-state index contributed by atoms with van der Waals surface area (Å²) >= 11 is 0. The van der Waals surface area contributed by atoms with Crippen molar-refractivity contribution < 1.29 is 27.1 Å². The minimum Gasteiger partial charge on any atom is -0.422 e. The van der Waals surface area contributed by atoms with Gasteiger partial charge in [0.25, 0.3) is 0 Å². The van der Waals surface area contributed by atoms with Crippen molar-refractivity contribution in [1.82, 2.24) is 5.43 Å². The smallest absolute Gasteiger partial charge is 0.422 e. The van der Waals surface area contributed by atoms with E-state index in [0.717, 1.165) is 17.6 Å². The number of ether oxygens (including phenoxy) is 1. The fourth-order valence-corrected chi connectivity index (χ4v) is 0.831. The maximum Gasteiger partial charge on any atom is 0.483 e. The lowest BCUT2D eigenvalue weighted by atomic mass is 10.3. The number of hydrazine groups is 1. The second kappa shape index (κ2) is 4.35. The molecule has 0 atom stereocenters. The van der Waals surface area contributed by atoms with Crippen LogP contribution >= 0.6 is 0 Å². The van der Waals surface area contributed by atoms with Crippen LogP contribution < -0.4 is 16.0 Å². The molecule has 4 nitrogen and oxygen atoms in total. The first-order valence-corrected chi connectivity index (χ1v) is 3.90. The topological polar surface area (TPSA) is 64.3 Å². The van der Waals surface area contributed by atoms with Crippen molar-refractivity contribution in [2.75, 3.05) is 0 Å². The molecule has 16 heavy (non-hydrogen) atoms. The zero-order valence-corrected chi connectivity index (χ0v) is 7.64. The van der Waals surface area contributed by atoms with E-state index >= 15 is 0 Å². The maximum absolute atomic E-state index is 12.9. The number of benzene rings is 1. The number of amides is 1. The lowest BCUT2D eigenvalue weighted by Gasteiger charge is -2.16. The first-order valence-electron chi connectivity index (χ1n) is 3.90. The van der Waals surface area contributed by atoms with Gasteiger partial charge in [0.15, 0.2) is 11.6 Å². The van der Waals surface area contributed by atoms with E-state index in [9.17, 15) is 22.4 Å². The third kappa shape index (κ3) is 2.40. The molecule has 0 aliphatic heterocycles. The predicted octanol–water partition coefficient (Wildman–Crippen LogP) is 0.926. The number of hydrogen-bond donors (Lipinski definition) is 2. The van der Waals surface area contributed by atoms with Gasteiger partial charge in [-0.15, -0.1) is 0 Å². The van der Waals surface area contributed by atoms with E-state index < -0.39 is 29.4 Å². The number of carbonyl (C=O) groups excluding carboxylic acids is 1. The Balaban J connectivity index is 2.96. The van der Waals surface area contributed by atoms with Gasteiger partial charge in [-0.05, 0) is 12.1 Å². The van der Waals surface area contributed by atoms with E-state index in [-0.39, 0.29) is 0 Å². The van der Waals surface area contributed by atoms with Crippen molar-refractivity contribution in [3.63, 3.8) is 0 Å². The average molecular weight is 238 g/mol. The molecule has 0 aliphatic rings. The second-order valence-electron chi connectivity index (χ2n) is 2.64. The van der Waals surface area contributed by atoms with Gasteiger partial charge in [-0.1, -0.05) is 6.07 Å². The summed E-state index contributed by atoms with van der Waals surface area (Å²) in [5, 5.41) is 0. The van der Waals surface area contributed by atoms with Crippen LogP contribution in [0.3, 0.4) is 0 Å². The Bertz CT molecular complexity index is 411. The highest BCUT2D eigenvalue weighted by atomic mass is 19.3. The Morgan fingerprint density at radius 3 is 2.56 bits per heavy atom. The van der Waals surface area contributed by atoms with E-state index in [1.165, 1.54) is 0 Å². The minimum atomic E-state index is -4.39. The number of nitrogens with one attached hydrogen (secondary N) is 1. The van der Waals surface area contributed by atoms with Gasteiger partial charge in [0.1, 0.15) is 0 Å². The number of nitrogens with two attached hydrogens (primary N) is 1. The standard InChI is InChI=1S/C8H6F4N2O2/c9-4-2-1-3-5(6(4)10)16-8(11,12)7(15)14-13/h1-3H,13H2,(H,14,15). The first-order chi connectivity index (χ1) is 7.38. The van der Waals surface area contributed by atoms with E-state index in [4.69, 9.17) is 0 Å². The van der Waals surface area contributed by atoms with E-state index in [1.54, 1.807) is 0 Å². The third-order valence-electron chi connectivity index (χ3n) is 1.55. The number of carbonyl (C=O) groups is 1. The molecule has 0 fully saturated rings. The van der Waals surface area contributed by atoms with Crippen LogP contribution in [-0.2, 0) is 4.79 Å². The fourth-order valence-electron chi connectivity index (χ4n) is 0.831. The van der Waals surface area contributed by atoms with Gasteiger partial charge in [-0.25, -0.2) is 10.2 Å². The molecule has 8 heteroatoms. The van der Waals surface area contributed by atoms with Crippen molar-refractivity contribution in [3.8, 4) is 5.75 Å². The molecule has 1 rings (SSSR count). The van der Waals surface area contributed by atoms with Crippen LogP contribution in [0.15, 0.2) is 18.2 Å². The fraction of sp³-hybridized carbons (Fsp3) is 0.125. The normalized spacial score (nSPS) is 11.1. The number of alkyl halides is 2. The molecule has 0 saturated heterocycles. The molecular weight excluding hydrogens is 232 g/mol. The van der Waals surface area contributed by atoms with E-state index in [2.05, 4.69) is 10.6 Å². The Morgan fingerprint density at radius 1 is 1.38 bits per heavy atom. The minimum absolute atomic E-state index is 0.712. The molecule has 0 bridgehead atoms. The Morgan fingerprint density at radius 2 is 2.00 bits per heavy atom. The highest BCUT2D eigenvalue weighted by molar-refractivity contribution is 5.81. The van der Waals surface area contributed by atoms with Crippen LogP contribution in [0.5, 0.6) is 5.75 Å². The molecule has 0 aliphatic carbocycles. The van der Waals surface area contributed by atoms with E-state index in [1.807, 2.05) is 0 Å². The van der Waals surface area contributed by atoms with Crippen molar-refractivity contribution in [3.05, 3.63) is 29.8 Å². The molecule has 1 aromatic rings. The van der Waals surface area contributed by atoms with Crippen molar-refractivity contribution in [1.29, 1.82) is 0 Å². The highest BCUT2D eigenvalue weighted by Gasteiger charge is 2.42. The van der Waals surface area contributed by atoms with Gasteiger partial charge in [0.2, 0.25) is 5.82 Å². The summed E-state index contributed by atoms with van der Waals surface area (Å²) < 4.78 is 54.9. The molecule has 0 unspecified atom stereocenters. The zero-order chi connectivity index (χ0) is 12.3. The number of rotatable bonds is 3. The van der Waals surface area contributed by atoms with Crippen LogP contribution in [0.1, 0.15) is 0 Å². The Kier molecular flexibility index (Phi) is 3.33. The summed E-state index contributed by atoms with van der Waals surface area (Å²) in [6.45, 7) is 0. The highest BCUT2D eigenvalue weighted by Crippen LogP contribution is 2.25. The van der Waals surface area contributed by atoms with Crippen molar-refractivity contribution in [2.45, 2.75) is 6.11 Å². The van der Waals surface area contributed by atoms with Gasteiger partial charge >= 0.3 is 12.0 Å². The SMILES string of the molecule is NNC(=O)C(F)(F)Oc1cccc(F)c1F. The molecule has 3 N–H and O–H groups in total.